The van der Waals surface area contributed by atoms with Gasteiger partial charge in [0.15, 0.2) is 5.17 Å². The van der Waals surface area contributed by atoms with Gasteiger partial charge in [-0.1, -0.05) is 23.9 Å². The fourth-order valence-corrected chi connectivity index (χ4v) is 4.87. The van der Waals surface area contributed by atoms with Gasteiger partial charge in [0.25, 0.3) is 5.69 Å². The molecule has 0 N–H and O–H groups in total. The Kier molecular flexibility index (Phi) is 3.85. The van der Waals surface area contributed by atoms with Gasteiger partial charge in [0.05, 0.1) is 10.6 Å². The van der Waals surface area contributed by atoms with Crippen molar-refractivity contribution in [2.45, 2.75) is 12.8 Å². The van der Waals surface area contributed by atoms with Crippen LogP contribution in [0, 0.1) is 27.9 Å². The summed E-state index contributed by atoms with van der Waals surface area (Å²) in [4.78, 5) is 17.4. The number of nitro groups is 1. The number of thioether (sulfide) groups is 1. The van der Waals surface area contributed by atoms with E-state index in [0.29, 0.717) is 0 Å². The highest BCUT2D eigenvalue weighted by molar-refractivity contribution is 8.14. The lowest BCUT2D eigenvalue weighted by Crippen LogP contribution is -2.31. The third-order valence-electron chi connectivity index (χ3n) is 5.02. The van der Waals surface area contributed by atoms with E-state index in [0.717, 1.165) is 47.5 Å². The van der Waals surface area contributed by atoms with Crippen molar-refractivity contribution in [2.75, 3.05) is 18.8 Å². The third-order valence-corrected chi connectivity index (χ3v) is 6.01. The van der Waals surface area contributed by atoms with Crippen molar-refractivity contribution >= 4 is 28.3 Å². The zero-order valence-corrected chi connectivity index (χ0v) is 13.6. The molecule has 1 heterocycles. The molecule has 0 radical (unpaired) electrons. The normalized spacial score (nSPS) is 30.5. The number of nitro benzene ring substituents is 1. The average molecular weight is 329 g/mol. The molecule has 4 rings (SSSR count). The van der Waals surface area contributed by atoms with E-state index in [-0.39, 0.29) is 10.6 Å². The van der Waals surface area contributed by atoms with Gasteiger partial charge in [-0.2, -0.15) is 0 Å². The van der Waals surface area contributed by atoms with Gasteiger partial charge in [-0.3, -0.25) is 10.1 Å². The average Bonchev–Trinajstić information content (AvgIpc) is 3.26. The van der Waals surface area contributed by atoms with Crippen LogP contribution >= 0.6 is 11.8 Å². The first kappa shape index (κ1) is 14.8. The molecule has 3 aliphatic rings. The molecule has 120 valence electrons. The molecule has 3 unspecified atom stereocenters. The van der Waals surface area contributed by atoms with Crippen molar-refractivity contribution in [3.8, 4) is 0 Å². The first-order chi connectivity index (χ1) is 11.2. The Labute approximate surface area is 139 Å². The molecule has 0 amide bonds. The number of allylic oxidation sites excluding steroid dienone is 2. The third kappa shape index (κ3) is 3.00. The van der Waals surface area contributed by atoms with Gasteiger partial charge in [0.2, 0.25) is 0 Å². The number of fused-ring (bicyclic) bond motifs is 2. The second-order valence-corrected chi connectivity index (χ2v) is 7.56. The molecule has 0 aromatic heterocycles. The number of non-ortho nitro benzene ring substituents is 1. The Morgan fingerprint density at radius 2 is 2.09 bits per heavy atom. The molecule has 0 spiro atoms. The maximum atomic E-state index is 10.7. The summed E-state index contributed by atoms with van der Waals surface area (Å²) in [7, 11) is 0. The fourth-order valence-electron chi connectivity index (χ4n) is 3.85. The topological polar surface area (TPSA) is 58.7 Å². The zero-order chi connectivity index (χ0) is 15.8. The first-order valence-electron chi connectivity index (χ1n) is 8.08. The Morgan fingerprint density at radius 3 is 2.74 bits per heavy atom. The van der Waals surface area contributed by atoms with Gasteiger partial charge in [-0.25, -0.2) is 4.99 Å². The highest BCUT2D eigenvalue weighted by Gasteiger charge is 2.37. The van der Waals surface area contributed by atoms with Gasteiger partial charge in [0, 0.05) is 31.0 Å². The maximum absolute atomic E-state index is 10.7. The lowest BCUT2D eigenvalue weighted by molar-refractivity contribution is -0.384. The van der Waals surface area contributed by atoms with Crippen LogP contribution in [0.1, 0.15) is 12.8 Å². The van der Waals surface area contributed by atoms with Gasteiger partial charge >= 0.3 is 0 Å². The molecule has 23 heavy (non-hydrogen) atoms. The van der Waals surface area contributed by atoms with Crippen molar-refractivity contribution < 1.29 is 4.92 Å². The number of hydrogen-bond acceptors (Lipinski definition) is 4. The zero-order valence-electron chi connectivity index (χ0n) is 12.8. The van der Waals surface area contributed by atoms with Crippen LogP contribution in [0.4, 0.5) is 11.4 Å². The summed E-state index contributed by atoms with van der Waals surface area (Å²) in [6.45, 7) is 2.14. The van der Waals surface area contributed by atoms with E-state index in [4.69, 9.17) is 4.99 Å². The van der Waals surface area contributed by atoms with Crippen LogP contribution in [0.5, 0.6) is 0 Å². The summed E-state index contributed by atoms with van der Waals surface area (Å²) in [6, 6.07) is 6.49. The van der Waals surface area contributed by atoms with E-state index >= 15 is 0 Å². The van der Waals surface area contributed by atoms with E-state index in [1.807, 2.05) is 0 Å². The Balaban J connectivity index is 1.46. The smallest absolute Gasteiger partial charge is 0.269 e. The van der Waals surface area contributed by atoms with Gasteiger partial charge < -0.3 is 4.90 Å². The molecule has 1 saturated carbocycles. The number of nitrogens with zero attached hydrogens (tertiary/aromatic N) is 3. The molecule has 3 atom stereocenters. The summed E-state index contributed by atoms with van der Waals surface area (Å²) in [5, 5.41) is 11.8. The molecular weight excluding hydrogens is 310 g/mol. The Hall–Kier alpha value is -1.82. The molecule has 1 saturated heterocycles. The van der Waals surface area contributed by atoms with E-state index in [9.17, 15) is 10.1 Å². The monoisotopic (exact) mass is 329 g/mol. The van der Waals surface area contributed by atoms with Crippen LogP contribution < -0.4 is 0 Å². The standard InChI is InChI=1S/C17H19N3O2S/c21-20(22)16-5-3-15(4-6-16)18-17-19(7-8-23-17)11-14-10-12-1-2-13(14)9-12/h1-6,12-14H,7-11H2/b18-17-. The van der Waals surface area contributed by atoms with Crippen LogP contribution in [0.3, 0.4) is 0 Å². The first-order valence-corrected chi connectivity index (χ1v) is 9.07. The predicted molar refractivity (Wildman–Crippen MR) is 93.1 cm³/mol. The highest BCUT2D eigenvalue weighted by atomic mass is 32.2. The van der Waals surface area contributed by atoms with E-state index in [2.05, 4.69) is 17.1 Å². The number of rotatable bonds is 4. The van der Waals surface area contributed by atoms with E-state index in [1.165, 1.54) is 25.0 Å². The van der Waals surface area contributed by atoms with Crippen molar-refractivity contribution in [1.29, 1.82) is 0 Å². The summed E-state index contributed by atoms with van der Waals surface area (Å²) in [5.74, 6) is 3.38. The minimum absolute atomic E-state index is 0.110. The van der Waals surface area contributed by atoms with Crippen molar-refractivity contribution in [1.82, 2.24) is 4.90 Å². The molecule has 2 bridgehead atoms. The molecular formula is C17H19N3O2S. The van der Waals surface area contributed by atoms with Crippen LogP contribution in [0.25, 0.3) is 0 Å². The second kappa shape index (κ2) is 6.00. The summed E-state index contributed by atoms with van der Waals surface area (Å²) < 4.78 is 0. The Bertz CT molecular complexity index is 671. The van der Waals surface area contributed by atoms with Crippen LogP contribution in [0.2, 0.25) is 0 Å². The van der Waals surface area contributed by atoms with Gasteiger partial charge in [-0.15, -0.1) is 0 Å². The highest BCUT2D eigenvalue weighted by Crippen LogP contribution is 2.44. The molecule has 2 aliphatic carbocycles. The molecule has 1 aliphatic heterocycles. The van der Waals surface area contributed by atoms with Crippen molar-refractivity contribution in [3.63, 3.8) is 0 Å². The number of amidine groups is 1. The van der Waals surface area contributed by atoms with E-state index < -0.39 is 0 Å². The summed E-state index contributed by atoms with van der Waals surface area (Å²) in [6.07, 6.45) is 7.43. The number of benzene rings is 1. The van der Waals surface area contributed by atoms with Crippen molar-refractivity contribution in [3.05, 3.63) is 46.5 Å². The summed E-state index contributed by atoms with van der Waals surface area (Å²) >= 11 is 1.78. The Morgan fingerprint density at radius 1 is 1.26 bits per heavy atom. The molecule has 5 nitrogen and oxygen atoms in total. The number of hydrogen-bond donors (Lipinski definition) is 0. The minimum Gasteiger partial charge on any atom is -0.350 e. The summed E-state index contributed by atoms with van der Waals surface area (Å²) in [5.41, 5.74) is 0.900. The molecule has 1 aromatic rings. The molecule has 6 heteroatoms. The number of aliphatic imine (C=N–C) groups is 1. The van der Waals surface area contributed by atoms with E-state index in [1.54, 1.807) is 23.9 Å². The van der Waals surface area contributed by atoms with Crippen LogP contribution in [-0.4, -0.2) is 33.8 Å². The molecule has 1 aromatic carbocycles. The van der Waals surface area contributed by atoms with Crippen molar-refractivity contribution in [2.24, 2.45) is 22.7 Å². The lowest BCUT2D eigenvalue weighted by Gasteiger charge is -2.26. The van der Waals surface area contributed by atoms with Gasteiger partial charge in [-0.05, 0) is 42.7 Å². The minimum atomic E-state index is -0.379. The predicted octanol–water partition coefficient (Wildman–Crippen LogP) is 3.84. The SMILES string of the molecule is O=[N+]([O-])c1ccc(/N=C2\SCCN2CC2CC3C=CC2C3)cc1. The largest absolute Gasteiger partial charge is 0.350 e. The quantitative estimate of drug-likeness (QED) is 0.478. The molecule has 2 fully saturated rings. The van der Waals surface area contributed by atoms with Gasteiger partial charge in [0.1, 0.15) is 0 Å². The maximum Gasteiger partial charge on any atom is 0.269 e. The lowest BCUT2D eigenvalue weighted by atomic mass is 9.93. The fraction of sp³-hybridized carbons (Fsp3) is 0.471. The second-order valence-electron chi connectivity index (χ2n) is 6.50. The van der Waals surface area contributed by atoms with Crippen LogP contribution in [0.15, 0.2) is 41.4 Å². The van der Waals surface area contributed by atoms with Crippen LogP contribution in [-0.2, 0) is 0 Å².